The van der Waals surface area contributed by atoms with Crippen molar-refractivity contribution in [3.05, 3.63) is 24.1 Å². The summed E-state index contributed by atoms with van der Waals surface area (Å²) in [5, 5.41) is 2.75. The molecule has 1 aliphatic heterocycles. The SMILES string of the molecule is O=C1Cc2cc3ncoc3cc2N1. The van der Waals surface area contributed by atoms with Gasteiger partial charge in [-0.2, -0.15) is 0 Å². The molecule has 3 rings (SSSR count). The number of aromatic nitrogens is 1. The van der Waals surface area contributed by atoms with Crippen LogP contribution in [0.2, 0.25) is 0 Å². The lowest BCUT2D eigenvalue weighted by Crippen LogP contribution is -2.03. The molecule has 1 amide bonds. The van der Waals surface area contributed by atoms with Crippen molar-refractivity contribution in [3.8, 4) is 0 Å². The van der Waals surface area contributed by atoms with Crippen LogP contribution in [0.3, 0.4) is 0 Å². The number of amides is 1. The highest BCUT2D eigenvalue weighted by atomic mass is 16.3. The highest BCUT2D eigenvalue weighted by Gasteiger charge is 2.18. The minimum absolute atomic E-state index is 0.0302. The molecular formula is C9H6N2O2. The Bertz CT molecular complexity index is 459. The van der Waals surface area contributed by atoms with Crippen LogP contribution in [0.4, 0.5) is 5.69 Å². The molecule has 0 spiro atoms. The van der Waals surface area contributed by atoms with E-state index in [-0.39, 0.29) is 5.91 Å². The lowest BCUT2D eigenvalue weighted by Gasteiger charge is -1.95. The van der Waals surface area contributed by atoms with E-state index >= 15 is 0 Å². The van der Waals surface area contributed by atoms with Crippen molar-refractivity contribution in [2.75, 3.05) is 5.32 Å². The van der Waals surface area contributed by atoms with Crippen LogP contribution in [-0.2, 0) is 11.2 Å². The molecule has 4 heteroatoms. The molecule has 13 heavy (non-hydrogen) atoms. The zero-order valence-corrected chi connectivity index (χ0v) is 6.70. The average molecular weight is 174 g/mol. The first-order valence-electron chi connectivity index (χ1n) is 3.99. The maximum absolute atomic E-state index is 11.0. The molecule has 1 N–H and O–H groups in total. The molecule has 0 atom stereocenters. The average Bonchev–Trinajstić information content (AvgIpc) is 2.63. The van der Waals surface area contributed by atoms with Crippen LogP contribution in [-0.4, -0.2) is 10.9 Å². The maximum atomic E-state index is 11.0. The quantitative estimate of drug-likeness (QED) is 0.655. The number of carbonyl (C=O) groups is 1. The van der Waals surface area contributed by atoms with Crippen molar-refractivity contribution in [1.82, 2.24) is 4.98 Å². The zero-order chi connectivity index (χ0) is 8.84. The minimum Gasteiger partial charge on any atom is -0.443 e. The standard InChI is InChI=1S/C9H6N2O2/c12-9-2-5-1-7-8(13-4-10-7)3-6(5)11-9/h1,3-4H,2H2,(H,11,12). The van der Waals surface area contributed by atoms with E-state index in [0.29, 0.717) is 12.0 Å². The Labute approximate surface area is 73.6 Å². The Morgan fingerprint density at radius 1 is 1.46 bits per heavy atom. The topological polar surface area (TPSA) is 55.1 Å². The number of hydrogen-bond donors (Lipinski definition) is 1. The summed E-state index contributed by atoms with van der Waals surface area (Å²) in [5.41, 5.74) is 3.34. The predicted molar refractivity (Wildman–Crippen MR) is 46.3 cm³/mol. The summed E-state index contributed by atoms with van der Waals surface area (Å²) in [4.78, 5) is 15.1. The third-order valence-electron chi connectivity index (χ3n) is 2.18. The van der Waals surface area contributed by atoms with Crippen molar-refractivity contribution in [2.24, 2.45) is 0 Å². The van der Waals surface area contributed by atoms with Crippen LogP contribution >= 0.6 is 0 Å². The fraction of sp³-hybridized carbons (Fsp3) is 0.111. The Morgan fingerprint density at radius 2 is 2.38 bits per heavy atom. The molecule has 0 saturated heterocycles. The maximum Gasteiger partial charge on any atom is 0.228 e. The van der Waals surface area contributed by atoms with Crippen molar-refractivity contribution in [3.63, 3.8) is 0 Å². The zero-order valence-electron chi connectivity index (χ0n) is 6.70. The van der Waals surface area contributed by atoms with Crippen LogP contribution in [0.1, 0.15) is 5.56 Å². The van der Waals surface area contributed by atoms with Gasteiger partial charge in [0.05, 0.1) is 6.42 Å². The number of nitrogens with zero attached hydrogens (tertiary/aromatic N) is 1. The molecular weight excluding hydrogens is 168 g/mol. The molecule has 0 bridgehead atoms. The molecule has 1 aliphatic rings. The Morgan fingerprint density at radius 3 is 3.31 bits per heavy atom. The minimum atomic E-state index is 0.0302. The Hall–Kier alpha value is -1.84. The van der Waals surface area contributed by atoms with Crippen molar-refractivity contribution in [1.29, 1.82) is 0 Å². The van der Waals surface area contributed by atoms with Crippen LogP contribution in [0, 0.1) is 0 Å². The fourth-order valence-electron chi connectivity index (χ4n) is 1.58. The number of oxazole rings is 1. The molecule has 0 fully saturated rings. The highest BCUT2D eigenvalue weighted by molar-refractivity contribution is 6.01. The lowest BCUT2D eigenvalue weighted by atomic mass is 10.1. The van der Waals surface area contributed by atoms with Crippen LogP contribution in [0.15, 0.2) is 22.9 Å². The number of nitrogens with one attached hydrogen (secondary N) is 1. The third-order valence-corrected chi connectivity index (χ3v) is 2.18. The molecule has 0 aliphatic carbocycles. The summed E-state index contributed by atoms with van der Waals surface area (Å²) < 4.78 is 5.12. The number of rotatable bonds is 0. The molecule has 1 aromatic heterocycles. The summed E-state index contributed by atoms with van der Waals surface area (Å²) in [6.07, 6.45) is 1.85. The predicted octanol–water partition coefficient (Wildman–Crippen LogP) is 1.32. The van der Waals surface area contributed by atoms with Gasteiger partial charge >= 0.3 is 0 Å². The van der Waals surface area contributed by atoms with E-state index in [1.807, 2.05) is 12.1 Å². The fourth-order valence-corrected chi connectivity index (χ4v) is 1.58. The van der Waals surface area contributed by atoms with E-state index in [0.717, 1.165) is 16.8 Å². The third kappa shape index (κ3) is 0.853. The summed E-state index contributed by atoms with van der Waals surface area (Å²) in [5.74, 6) is 0.0302. The number of hydrogen-bond acceptors (Lipinski definition) is 3. The van der Waals surface area contributed by atoms with E-state index in [9.17, 15) is 4.79 Å². The Kier molecular flexibility index (Phi) is 1.07. The number of anilines is 1. The molecule has 64 valence electrons. The van der Waals surface area contributed by atoms with Gasteiger partial charge in [-0.25, -0.2) is 4.98 Å². The van der Waals surface area contributed by atoms with E-state index in [1.165, 1.54) is 6.39 Å². The first-order chi connectivity index (χ1) is 6.33. The van der Waals surface area contributed by atoms with E-state index in [4.69, 9.17) is 4.42 Å². The van der Waals surface area contributed by atoms with Gasteiger partial charge < -0.3 is 9.73 Å². The smallest absolute Gasteiger partial charge is 0.228 e. The molecule has 1 aromatic carbocycles. The highest BCUT2D eigenvalue weighted by Crippen LogP contribution is 2.27. The second-order valence-electron chi connectivity index (χ2n) is 3.05. The van der Waals surface area contributed by atoms with E-state index < -0.39 is 0 Å². The number of carbonyl (C=O) groups excluding carboxylic acids is 1. The molecule has 2 aromatic rings. The van der Waals surface area contributed by atoms with E-state index in [1.54, 1.807) is 0 Å². The lowest BCUT2D eigenvalue weighted by molar-refractivity contribution is -0.115. The largest absolute Gasteiger partial charge is 0.443 e. The Balaban J connectivity index is 2.32. The van der Waals surface area contributed by atoms with Crippen LogP contribution < -0.4 is 5.32 Å². The van der Waals surface area contributed by atoms with Gasteiger partial charge in [0, 0.05) is 11.8 Å². The molecule has 0 radical (unpaired) electrons. The van der Waals surface area contributed by atoms with Gasteiger partial charge in [-0.1, -0.05) is 0 Å². The number of benzene rings is 1. The van der Waals surface area contributed by atoms with Gasteiger partial charge in [-0.15, -0.1) is 0 Å². The monoisotopic (exact) mass is 174 g/mol. The summed E-state index contributed by atoms with van der Waals surface area (Å²) >= 11 is 0. The number of fused-ring (bicyclic) bond motifs is 2. The molecule has 0 unspecified atom stereocenters. The van der Waals surface area contributed by atoms with Gasteiger partial charge in [0.2, 0.25) is 5.91 Å². The first kappa shape index (κ1) is 6.65. The van der Waals surface area contributed by atoms with Gasteiger partial charge in [0.15, 0.2) is 12.0 Å². The van der Waals surface area contributed by atoms with E-state index in [2.05, 4.69) is 10.3 Å². The van der Waals surface area contributed by atoms with Crippen LogP contribution in [0.5, 0.6) is 0 Å². The van der Waals surface area contributed by atoms with Crippen molar-refractivity contribution < 1.29 is 9.21 Å². The van der Waals surface area contributed by atoms with Gasteiger partial charge in [-0.3, -0.25) is 4.79 Å². The second-order valence-corrected chi connectivity index (χ2v) is 3.05. The summed E-state index contributed by atoms with van der Waals surface area (Å²) in [7, 11) is 0. The second kappa shape index (κ2) is 2.10. The van der Waals surface area contributed by atoms with Gasteiger partial charge in [0.1, 0.15) is 5.52 Å². The molecule has 4 nitrogen and oxygen atoms in total. The van der Waals surface area contributed by atoms with Gasteiger partial charge in [0.25, 0.3) is 0 Å². The van der Waals surface area contributed by atoms with Crippen LogP contribution in [0.25, 0.3) is 11.1 Å². The first-order valence-corrected chi connectivity index (χ1v) is 3.99. The van der Waals surface area contributed by atoms with Crippen molar-refractivity contribution >= 4 is 22.7 Å². The summed E-state index contributed by atoms with van der Waals surface area (Å²) in [6, 6.07) is 3.69. The van der Waals surface area contributed by atoms with Gasteiger partial charge in [-0.05, 0) is 11.6 Å². The summed E-state index contributed by atoms with van der Waals surface area (Å²) in [6.45, 7) is 0. The normalized spacial score (nSPS) is 14.6. The molecule has 0 saturated carbocycles. The van der Waals surface area contributed by atoms with Crippen molar-refractivity contribution in [2.45, 2.75) is 6.42 Å². The molecule has 2 heterocycles.